The Morgan fingerprint density at radius 1 is 1.35 bits per heavy atom. The molecular weight excluding hydrogens is 274 g/mol. The Kier molecular flexibility index (Phi) is 2.86. The maximum absolute atomic E-state index is 12.9. The largest absolute Gasteiger partial charge is 0.281 e. The highest BCUT2D eigenvalue weighted by Crippen LogP contribution is 2.53. The number of aryl methyl sites for hydroxylation is 1. The first-order valence-corrected chi connectivity index (χ1v) is 8.59. The first-order chi connectivity index (χ1) is 9.13. The van der Waals surface area contributed by atoms with Crippen LogP contribution in [0.2, 0.25) is 0 Å². The number of aromatic nitrogens is 2. The molecule has 3 rings (SSSR count). The second-order valence-electron chi connectivity index (χ2n) is 7.62. The maximum atomic E-state index is 12.9. The number of nitrogens with one attached hydrogen (secondary N) is 1. The zero-order chi connectivity index (χ0) is 14.8. The molecule has 2 bridgehead atoms. The van der Waals surface area contributed by atoms with Crippen molar-refractivity contribution in [3.05, 3.63) is 11.9 Å². The highest BCUT2D eigenvalue weighted by Gasteiger charge is 2.53. The lowest BCUT2D eigenvalue weighted by molar-refractivity contribution is 0.133. The van der Waals surface area contributed by atoms with Gasteiger partial charge in [0.05, 0.1) is 11.9 Å². The van der Waals surface area contributed by atoms with Crippen LogP contribution in [0.15, 0.2) is 11.1 Å². The summed E-state index contributed by atoms with van der Waals surface area (Å²) in [7, 11) is -3.43. The lowest BCUT2D eigenvalue weighted by Crippen LogP contribution is -2.37. The summed E-state index contributed by atoms with van der Waals surface area (Å²) in [6.45, 7) is 9.10. The molecule has 2 atom stereocenters. The van der Waals surface area contributed by atoms with Crippen LogP contribution in [-0.2, 0) is 10.0 Å². The quantitative estimate of drug-likeness (QED) is 0.911. The fourth-order valence-corrected chi connectivity index (χ4v) is 6.31. The van der Waals surface area contributed by atoms with Gasteiger partial charge < -0.3 is 0 Å². The third-order valence-electron chi connectivity index (χ3n) is 4.74. The standard InChI is InChI=1S/C14H23N3O2S/c1-10-12(7-15-16-10)20(18,19)17-9-14(4)6-11(17)5-13(2,3)8-14/h7,11H,5-6,8-9H2,1-4H3,(H,15,16). The summed E-state index contributed by atoms with van der Waals surface area (Å²) in [5, 5.41) is 6.59. The van der Waals surface area contributed by atoms with Crippen LogP contribution in [0, 0.1) is 17.8 Å². The number of H-pyrrole nitrogens is 1. The second kappa shape index (κ2) is 4.07. The van der Waals surface area contributed by atoms with Crippen molar-refractivity contribution >= 4 is 10.0 Å². The SMILES string of the molecule is Cc1[nH]ncc1S(=O)(=O)N1CC2(C)CC1CC(C)(C)C2. The van der Waals surface area contributed by atoms with E-state index in [1.807, 2.05) is 0 Å². The van der Waals surface area contributed by atoms with Crippen molar-refractivity contribution in [2.75, 3.05) is 6.54 Å². The van der Waals surface area contributed by atoms with Crippen molar-refractivity contribution < 1.29 is 8.42 Å². The lowest BCUT2D eigenvalue weighted by Gasteiger charge is -2.39. The Labute approximate surface area is 120 Å². The molecule has 2 fully saturated rings. The van der Waals surface area contributed by atoms with Crippen molar-refractivity contribution in [1.82, 2.24) is 14.5 Å². The van der Waals surface area contributed by atoms with Gasteiger partial charge in [-0.2, -0.15) is 9.40 Å². The molecule has 1 aliphatic carbocycles. The fourth-order valence-electron chi connectivity index (χ4n) is 4.42. The number of aromatic amines is 1. The third kappa shape index (κ3) is 2.09. The van der Waals surface area contributed by atoms with Crippen molar-refractivity contribution in [1.29, 1.82) is 0 Å². The Morgan fingerprint density at radius 3 is 2.65 bits per heavy atom. The molecule has 1 N–H and O–H groups in total. The Hall–Kier alpha value is -0.880. The smallest absolute Gasteiger partial charge is 0.246 e. The summed E-state index contributed by atoms with van der Waals surface area (Å²) >= 11 is 0. The van der Waals surface area contributed by atoms with Crippen molar-refractivity contribution in [2.24, 2.45) is 10.8 Å². The normalized spacial score (nSPS) is 33.5. The van der Waals surface area contributed by atoms with E-state index in [0.717, 1.165) is 19.3 Å². The van der Waals surface area contributed by atoms with Crippen LogP contribution >= 0.6 is 0 Å². The van der Waals surface area contributed by atoms with Crippen LogP contribution in [0.5, 0.6) is 0 Å². The van der Waals surface area contributed by atoms with Crippen LogP contribution in [0.25, 0.3) is 0 Å². The van der Waals surface area contributed by atoms with Gasteiger partial charge in [0, 0.05) is 12.6 Å². The van der Waals surface area contributed by atoms with Crippen molar-refractivity contribution in [3.8, 4) is 0 Å². The topological polar surface area (TPSA) is 66.1 Å². The number of hydrogen-bond acceptors (Lipinski definition) is 3. The van der Waals surface area contributed by atoms with E-state index in [1.165, 1.54) is 6.20 Å². The van der Waals surface area contributed by atoms with Crippen molar-refractivity contribution in [2.45, 2.75) is 57.9 Å². The molecule has 1 saturated heterocycles. The summed E-state index contributed by atoms with van der Waals surface area (Å²) in [6, 6.07) is 0.128. The molecule has 1 aromatic rings. The summed E-state index contributed by atoms with van der Waals surface area (Å²) < 4.78 is 27.5. The predicted octanol–water partition coefficient (Wildman–Crippen LogP) is 2.31. The fraction of sp³-hybridized carbons (Fsp3) is 0.786. The van der Waals surface area contributed by atoms with Crippen LogP contribution in [0.1, 0.15) is 45.7 Å². The van der Waals surface area contributed by atoms with Gasteiger partial charge in [0.25, 0.3) is 0 Å². The van der Waals surface area contributed by atoms with E-state index in [1.54, 1.807) is 11.2 Å². The Bertz CT molecular complexity index is 635. The molecule has 2 aliphatic rings. The molecular formula is C14H23N3O2S. The molecule has 1 aromatic heterocycles. The van der Waals surface area contributed by atoms with Gasteiger partial charge in [-0.25, -0.2) is 8.42 Å². The molecule has 20 heavy (non-hydrogen) atoms. The minimum Gasteiger partial charge on any atom is -0.281 e. The van der Waals surface area contributed by atoms with E-state index in [2.05, 4.69) is 31.0 Å². The molecule has 0 aromatic carbocycles. The van der Waals surface area contributed by atoms with Crippen LogP contribution in [-0.4, -0.2) is 35.5 Å². The van der Waals surface area contributed by atoms with E-state index in [0.29, 0.717) is 17.1 Å². The zero-order valence-corrected chi connectivity index (χ0v) is 13.4. The van der Waals surface area contributed by atoms with Crippen LogP contribution in [0.4, 0.5) is 0 Å². The monoisotopic (exact) mass is 297 g/mol. The average molecular weight is 297 g/mol. The number of rotatable bonds is 2. The summed E-state index contributed by atoms with van der Waals surface area (Å²) in [5.74, 6) is 0. The summed E-state index contributed by atoms with van der Waals surface area (Å²) in [6.07, 6.45) is 4.44. The predicted molar refractivity (Wildman–Crippen MR) is 76.7 cm³/mol. The summed E-state index contributed by atoms with van der Waals surface area (Å²) in [5.41, 5.74) is 0.945. The van der Waals surface area contributed by atoms with Gasteiger partial charge in [-0.1, -0.05) is 20.8 Å². The Balaban J connectivity index is 1.99. The molecule has 0 spiro atoms. The first kappa shape index (κ1) is 14.1. The molecule has 2 heterocycles. The number of sulfonamides is 1. The zero-order valence-electron chi connectivity index (χ0n) is 12.6. The molecule has 112 valence electrons. The molecule has 6 heteroatoms. The van der Waals surface area contributed by atoms with Crippen LogP contribution in [0.3, 0.4) is 0 Å². The highest BCUT2D eigenvalue weighted by molar-refractivity contribution is 7.89. The van der Waals surface area contributed by atoms with Gasteiger partial charge in [-0.3, -0.25) is 5.10 Å². The number of nitrogens with zero attached hydrogens (tertiary/aromatic N) is 2. The minimum atomic E-state index is -3.43. The van der Waals surface area contributed by atoms with Gasteiger partial charge >= 0.3 is 0 Å². The average Bonchev–Trinajstić information content (AvgIpc) is 2.79. The molecule has 5 nitrogen and oxygen atoms in total. The molecule has 2 unspecified atom stereocenters. The van der Waals surface area contributed by atoms with Gasteiger partial charge in [0.2, 0.25) is 10.0 Å². The lowest BCUT2D eigenvalue weighted by atomic mass is 9.65. The number of fused-ring (bicyclic) bond motifs is 2. The minimum absolute atomic E-state index is 0.108. The van der Waals surface area contributed by atoms with Gasteiger partial charge in [0.1, 0.15) is 4.90 Å². The Morgan fingerprint density at radius 2 is 2.05 bits per heavy atom. The van der Waals surface area contributed by atoms with Crippen molar-refractivity contribution in [3.63, 3.8) is 0 Å². The van der Waals surface area contributed by atoms with Gasteiger partial charge in [-0.15, -0.1) is 0 Å². The van der Waals surface area contributed by atoms with E-state index in [4.69, 9.17) is 0 Å². The molecule has 0 amide bonds. The molecule has 0 radical (unpaired) electrons. The van der Waals surface area contributed by atoms with Gasteiger partial charge in [0.15, 0.2) is 0 Å². The molecule has 1 aliphatic heterocycles. The third-order valence-corrected chi connectivity index (χ3v) is 6.75. The van der Waals surface area contributed by atoms with E-state index < -0.39 is 10.0 Å². The van der Waals surface area contributed by atoms with E-state index in [9.17, 15) is 8.42 Å². The molecule has 1 saturated carbocycles. The first-order valence-electron chi connectivity index (χ1n) is 7.15. The van der Waals surface area contributed by atoms with E-state index in [-0.39, 0.29) is 16.9 Å². The highest BCUT2D eigenvalue weighted by atomic mass is 32.2. The summed E-state index contributed by atoms with van der Waals surface area (Å²) in [4.78, 5) is 0.325. The van der Waals surface area contributed by atoms with Gasteiger partial charge in [-0.05, 0) is 37.0 Å². The van der Waals surface area contributed by atoms with E-state index >= 15 is 0 Å². The maximum Gasteiger partial charge on any atom is 0.246 e. The second-order valence-corrected chi connectivity index (χ2v) is 9.48. The van der Waals surface area contributed by atoms with Crippen LogP contribution < -0.4 is 0 Å². The number of hydrogen-bond donors (Lipinski definition) is 1.